The number of esters is 2. The van der Waals surface area contributed by atoms with E-state index in [1.165, 1.54) is 122 Å². The van der Waals surface area contributed by atoms with Crippen LogP contribution >= 0.6 is 0 Å². The number of aromatic nitrogens is 1. The van der Waals surface area contributed by atoms with Crippen molar-refractivity contribution in [2.24, 2.45) is 0 Å². The van der Waals surface area contributed by atoms with Crippen molar-refractivity contribution in [1.29, 1.82) is 0 Å². The zero-order valence-corrected chi connectivity index (χ0v) is 40.6. The van der Waals surface area contributed by atoms with Crippen LogP contribution in [0.4, 0.5) is 0 Å². The third-order valence-electron chi connectivity index (χ3n) is 12.2. The molecular formula is C52H97N3O7. The van der Waals surface area contributed by atoms with Gasteiger partial charge in [-0.3, -0.25) is 14.4 Å². The van der Waals surface area contributed by atoms with E-state index in [1.54, 1.807) is 0 Å². The van der Waals surface area contributed by atoms with Gasteiger partial charge in [0.1, 0.15) is 12.4 Å². The normalized spacial score (nSPS) is 12.0. The van der Waals surface area contributed by atoms with Crippen molar-refractivity contribution in [2.75, 3.05) is 32.8 Å². The van der Waals surface area contributed by atoms with Crippen LogP contribution in [0.2, 0.25) is 0 Å². The Labute approximate surface area is 380 Å². The second kappa shape index (κ2) is 43.8. The lowest BCUT2D eigenvalue weighted by Crippen LogP contribution is -2.34. The number of carbonyl (C=O) groups excluding carboxylic acids is 3. The predicted molar refractivity (Wildman–Crippen MR) is 255 cm³/mol. The van der Waals surface area contributed by atoms with Crippen molar-refractivity contribution < 1.29 is 33.5 Å². The van der Waals surface area contributed by atoms with Gasteiger partial charge in [0.2, 0.25) is 0 Å². The molecule has 0 fully saturated rings. The van der Waals surface area contributed by atoms with Gasteiger partial charge < -0.3 is 29.3 Å². The Morgan fingerprint density at radius 3 is 1.61 bits per heavy atom. The molecule has 1 amide bonds. The number of unbranched alkanes of at least 4 members (excludes halogenated alkanes) is 25. The first-order valence-corrected chi connectivity index (χ1v) is 26.3. The minimum atomic E-state index is -0.434. The molecule has 10 nitrogen and oxygen atoms in total. The molecule has 62 heavy (non-hydrogen) atoms. The molecule has 0 aliphatic carbocycles. The number of aliphatic hydroxyl groups is 1. The molecule has 2 N–H and O–H groups in total. The Hall–Kier alpha value is -2.46. The topological polar surface area (TPSA) is 131 Å². The number of ether oxygens (including phenoxy) is 2. The van der Waals surface area contributed by atoms with Crippen molar-refractivity contribution in [3.05, 3.63) is 18.0 Å². The van der Waals surface area contributed by atoms with E-state index in [1.807, 2.05) is 0 Å². The first kappa shape index (κ1) is 57.6. The zero-order chi connectivity index (χ0) is 45.0. The fraction of sp³-hybridized carbons (Fsp3) is 0.885. The Balaban J connectivity index is 2.39. The van der Waals surface area contributed by atoms with Crippen LogP contribution in [-0.4, -0.2) is 78.0 Å². The molecule has 0 bridgehead atoms. The number of carbonyl (C=O) groups is 3. The predicted octanol–water partition coefficient (Wildman–Crippen LogP) is 13.6. The minimum absolute atomic E-state index is 0.0168. The molecule has 1 heterocycles. The smallest absolute Gasteiger partial charge is 0.306 e. The third-order valence-corrected chi connectivity index (χ3v) is 12.2. The van der Waals surface area contributed by atoms with Crippen molar-refractivity contribution >= 4 is 17.8 Å². The van der Waals surface area contributed by atoms with Crippen molar-refractivity contribution in [1.82, 2.24) is 15.4 Å². The van der Waals surface area contributed by atoms with E-state index in [0.29, 0.717) is 44.5 Å². The first-order chi connectivity index (χ1) is 30.4. The average Bonchev–Trinajstić information content (AvgIpc) is 3.81. The highest BCUT2D eigenvalue weighted by Crippen LogP contribution is 2.19. The molecule has 0 saturated heterocycles. The third kappa shape index (κ3) is 37.0. The van der Waals surface area contributed by atoms with Gasteiger partial charge in [0.05, 0.1) is 24.5 Å². The zero-order valence-electron chi connectivity index (χ0n) is 40.6. The molecule has 1 rings (SSSR count). The largest absolute Gasteiger partial charge is 0.466 e. The lowest BCUT2D eigenvalue weighted by molar-refractivity contribution is -0.150. The lowest BCUT2D eigenvalue weighted by atomic mass is 10.0. The highest BCUT2D eigenvalue weighted by molar-refractivity contribution is 5.93. The van der Waals surface area contributed by atoms with Crippen molar-refractivity contribution in [3.8, 4) is 0 Å². The monoisotopic (exact) mass is 876 g/mol. The molecule has 0 aliphatic heterocycles. The summed E-state index contributed by atoms with van der Waals surface area (Å²) < 4.78 is 16.3. The molecule has 0 saturated carbocycles. The summed E-state index contributed by atoms with van der Waals surface area (Å²) in [6, 6.07) is 0. The Morgan fingerprint density at radius 1 is 0.597 bits per heavy atom. The van der Waals surface area contributed by atoms with Gasteiger partial charge in [-0.1, -0.05) is 167 Å². The summed E-state index contributed by atoms with van der Waals surface area (Å²) in [6.45, 7) is 10.3. The van der Waals surface area contributed by atoms with Crippen LogP contribution in [0.1, 0.15) is 262 Å². The fourth-order valence-electron chi connectivity index (χ4n) is 8.21. The Kier molecular flexibility index (Phi) is 40.6. The Bertz CT molecular complexity index is 1120. The summed E-state index contributed by atoms with van der Waals surface area (Å²) in [7, 11) is 0. The van der Waals surface area contributed by atoms with Gasteiger partial charge in [-0.15, -0.1) is 0 Å². The lowest BCUT2D eigenvalue weighted by Gasteiger charge is -2.25. The van der Waals surface area contributed by atoms with Crippen LogP contribution in [0.3, 0.4) is 0 Å². The molecule has 10 heteroatoms. The number of hydrogen-bond donors (Lipinski definition) is 2. The van der Waals surface area contributed by atoms with Gasteiger partial charge in [0.25, 0.3) is 5.91 Å². The van der Waals surface area contributed by atoms with E-state index in [2.05, 4.69) is 36.1 Å². The van der Waals surface area contributed by atoms with Gasteiger partial charge in [0, 0.05) is 25.9 Å². The first-order valence-electron chi connectivity index (χ1n) is 26.3. The molecule has 0 aliphatic rings. The maximum absolute atomic E-state index is 12.9. The maximum Gasteiger partial charge on any atom is 0.306 e. The van der Waals surface area contributed by atoms with Crippen LogP contribution in [0.15, 0.2) is 17.0 Å². The highest BCUT2D eigenvalue weighted by Gasteiger charge is 2.16. The summed E-state index contributed by atoms with van der Waals surface area (Å²) in [5, 5.41) is 17.4. The summed E-state index contributed by atoms with van der Waals surface area (Å²) in [6.07, 6.45) is 42.0. The number of amides is 1. The standard InChI is InChI=1S/C52H97N3O7/c1-4-7-10-13-16-17-18-24-34-43-60-50(57)38-29-25-33-42-55(45-48(56)35-30-31-40-53-52(59)47-44-54-61-46-47)41-32-23-19-22-28-39-51(58)62-49(36-26-20-14-11-8-5-2)37-27-21-15-12-9-6-3/h44,46,48-49,56H,4-43,45H2,1-3H3,(H,53,59). The van der Waals surface area contributed by atoms with Crippen LogP contribution in [-0.2, 0) is 19.1 Å². The molecule has 0 aromatic carbocycles. The van der Waals surface area contributed by atoms with E-state index in [9.17, 15) is 19.5 Å². The quantitative estimate of drug-likeness (QED) is 0.0485. The molecule has 1 aromatic rings. The fourth-order valence-corrected chi connectivity index (χ4v) is 8.21. The molecular weight excluding hydrogens is 779 g/mol. The molecule has 362 valence electrons. The Morgan fingerprint density at radius 2 is 1.06 bits per heavy atom. The number of aliphatic hydroxyl groups excluding tert-OH is 1. The van der Waals surface area contributed by atoms with E-state index >= 15 is 0 Å². The molecule has 0 spiro atoms. The van der Waals surface area contributed by atoms with E-state index in [4.69, 9.17) is 14.0 Å². The van der Waals surface area contributed by atoms with Gasteiger partial charge >= 0.3 is 11.9 Å². The summed E-state index contributed by atoms with van der Waals surface area (Å²) >= 11 is 0. The van der Waals surface area contributed by atoms with Crippen LogP contribution in [0.25, 0.3) is 0 Å². The second-order valence-electron chi connectivity index (χ2n) is 18.2. The second-order valence-corrected chi connectivity index (χ2v) is 18.2. The molecule has 1 aromatic heterocycles. The van der Waals surface area contributed by atoms with Gasteiger partial charge in [-0.25, -0.2) is 0 Å². The number of nitrogens with zero attached hydrogens (tertiary/aromatic N) is 2. The molecule has 1 atom stereocenters. The van der Waals surface area contributed by atoms with E-state index in [-0.39, 0.29) is 23.9 Å². The average molecular weight is 876 g/mol. The minimum Gasteiger partial charge on any atom is -0.466 e. The maximum atomic E-state index is 12.9. The van der Waals surface area contributed by atoms with E-state index < -0.39 is 6.10 Å². The van der Waals surface area contributed by atoms with Crippen molar-refractivity contribution in [2.45, 2.75) is 264 Å². The van der Waals surface area contributed by atoms with Gasteiger partial charge in [0.15, 0.2) is 0 Å². The summed E-state index contributed by atoms with van der Waals surface area (Å²) in [5.74, 6) is -0.295. The number of rotatable bonds is 47. The van der Waals surface area contributed by atoms with Crippen LogP contribution in [0.5, 0.6) is 0 Å². The highest BCUT2D eigenvalue weighted by atomic mass is 16.5. The van der Waals surface area contributed by atoms with Crippen LogP contribution in [0, 0.1) is 0 Å². The van der Waals surface area contributed by atoms with E-state index in [0.717, 1.165) is 116 Å². The number of hydrogen-bond acceptors (Lipinski definition) is 9. The van der Waals surface area contributed by atoms with Crippen LogP contribution < -0.4 is 5.32 Å². The molecule has 0 radical (unpaired) electrons. The summed E-state index contributed by atoms with van der Waals surface area (Å²) in [5.41, 5.74) is 0.412. The van der Waals surface area contributed by atoms with Gasteiger partial charge in [-0.2, -0.15) is 0 Å². The van der Waals surface area contributed by atoms with Gasteiger partial charge in [-0.05, 0) is 90.1 Å². The molecule has 1 unspecified atom stereocenters. The SMILES string of the molecule is CCCCCCCCCCCOC(=O)CCCCCN(CCCCCCCC(=O)OC(CCCCCCCC)CCCCCCCC)CC(O)CCCCNC(=O)c1cnoc1. The summed E-state index contributed by atoms with van der Waals surface area (Å²) in [4.78, 5) is 39.7. The van der Waals surface area contributed by atoms with Crippen molar-refractivity contribution in [3.63, 3.8) is 0 Å². The number of nitrogens with one attached hydrogen (secondary N) is 1.